The molecule has 162 valence electrons. The molecule has 2 aromatic rings. The van der Waals surface area contributed by atoms with Crippen molar-refractivity contribution in [1.82, 2.24) is 0 Å². The molecule has 30 heavy (non-hydrogen) atoms. The summed E-state index contributed by atoms with van der Waals surface area (Å²) in [5.74, 6) is -2.34. The van der Waals surface area contributed by atoms with Gasteiger partial charge >= 0.3 is 11.6 Å². The molecule has 10 heteroatoms. The van der Waals surface area contributed by atoms with Crippen molar-refractivity contribution < 1.29 is 44.2 Å². The highest BCUT2D eigenvalue weighted by Crippen LogP contribution is 2.40. The summed E-state index contributed by atoms with van der Waals surface area (Å²) >= 11 is 0. The van der Waals surface area contributed by atoms with Crippen LogP contribution in [0.3, 0.4) is 0 Å². The van der Waals surface area contributed by atoms with E-state index in [1.165, 1.54) is 12.1 Å². The van der Waals surface area contributed by atoms with Gasteiger partial charge in [-0.25, -0.2) is 9.59 Å². The number of rotatable bonds is 5. The standard InChI is InChI=1S/C20H22O10/c1-8(2)3-4-9-7-10-5-6-11(21)28-16(10)15(25)17(9)29-20-14(24)12(22)13(23)18(30-20)19(26)27/h3,5-7,12-14,18,20,22-25H,4H2,1-2H3,(H,26,27). The van der Waals surface area contributed by atoms with Gasteiger partial charge in [-0.1, -0.05) is 11.6 Å². The maximum Gasteiger partial charge on any atom is 0.336 e. The van der Waals surface area contributed by atoms with Gasteiger partial charge < -0.3 is 39.4 Å². The third kappa shape index (κ3) is 4.17. The molecule has 3 rings (SSSR count). The van der Waals surface area contributed by atoms with E-state index in [1.54, 1.807) is 6.07 Å². The second-order valence-corrected chi connectivity index (χ2v) is 7.22. The Morgan fingerprint density at radius 3 is 2.50 bits per heavy atom. The Morgan fingerprint density at radius 2 is 1.87 bits per heavy atom. The van der Waals surface area contributed by atoms with E-state index in [0.29, 0.717) is 10.9 Å². The number of hydrogen-bond donors (Lipinski definition) is 5. The Hall–Kier alpha value is -2.92. The van der Waals surface area contributed by atoms with Crippen LogP contribution in [0, 0.1) is 0 Å². The minimum Gasteiger partial charge on any atom is -0.502 e. The summed E-state index contributed by atoms with van der Waals surface area (Å²) < 4.78 is 15.7. The van der Waals surface area contributed by atoms with Crippen molar-refractivity contribution >= 4 is 16.9 Å². The molecule has 5 N–H and O–H groups in total. The molecule has 1 aromatic carbocycles. The SMILES string of the molecule is CC(C)=CCc1cc2ccc(=O)oc2c(O)c1OC1OC(C(=O)O)C(O)C(O)C1O. The van der Waals surface area contributed by atoms with Crippen molar-refractivity contribution in [3.63, 3.8) is 0 Å². The maximum absolute atomic E-state index is 11.6. The molecule has 0 spiro atoms. The number of fused-ring (bicyclic) bond motifs is 1. The van der Waals surface area contributed by atoms with E-state index in [9.17, 15) is 35.1 Å². The van der Waals surface area contributed by atoms with Gasteiger partial charge in [0.25, 0.3) is 0 Å². The molecule has 0 bridgehead atoms. The van der Waals surface area contributed by atoms with Crippen LogP contribution in [0.1, 0.15) is 19.4 Å². The summed E-state index contributed by atoms with van der Waals surface area (Å²) in [5.41, 5.74) is 0.523. The van der Waals surface area contributed by atoms with Gasteiger partial charge in [0.05, 0.1) is 0 Å². The zero-order chi connectivity index (χ0) is 22.2. The zero-order valence-corrected chi connectivity index (χ0v) is 16.2. The van der Waals surface area contributed by atoms with Crippen molar-refractivity contribution in [2.45, 2.75) is 51.0 Å². The van der Waals surface area contributed by atoms with Crippen LogP contribution < -0.4 is 10.4 Å². The minimum absolute atomic E-state index is 0.167. The number of hydrogen-bond acceptors (Lipinski definition) is 9. The van der Waals surface area contributed by atoms with Gasteiger partial charge in [-0.3, -0.25) is 0 Å². The lowest BCUT2D eigenvalue weighted by molar-refractivity contribution is -0.271. The highest BCUT2D eigenvalue weighted by molar-refractivity contribution is 5.86. The van der Waals surface area contributed by atoms with Crippen molar-refractivity contribution in [2.24, 2.45) is 0 Å². The molecule has 0 radical (unpaired) electrons. The van der Waals surface area contributed by atoms with Crippen molar-refractivity contribution in [3.8, 4) is 11.5 Å². The Morgan fingerprint density at radius 1 is 1.17 bits per heavy atom. The Balaban J connectivity index is 2.07. The van der Waals surface area contributed by atoms with E-state index in [0.717, 1.165) is 5.57 Å². The van der Waals surface area contributed by atoms with Gasteiger partial charge in [-0.05, 0) is 32.4 Å². The summed E-state index contributed by atoms with van der Waals surface area (Å²) in [5, 5.41) is 50.3. The van der Waals surface area contributed by atoms with Gasteiger partial charge in [0, 0.05) is 17.0 Å². The molecular formula is C20H22O10. The number of carboxylic acid groups (broad SMARTS) is 1. The van der Waals surface area contributed by atoms with Crippen LogP contribution in [0.2, 0.25) is 0 Å². The normalized spacial score (nSPS) is 26.4. The largest absolute Gasteiger partial charge is 0.502 e. The number of carbonyl (C=O) groups is 1. The van der Waals surface area contributed by atoms with Gasteiger partial charge in [0.15, 0.2) is 17.4 Å². The first-order valence-corrected chi connectivity index (χ1v) is 9.11. The van der Waals surface area contributed by atoms with E-state index < -0.39 is 48.1 Å². The van der Waals surface area contributed by atoms with E-state index >= 15 is 0 Å². The fraction of sp³-hybridized carbons (Fsp3) is 0.400. The monoisotopic (exact) mass is 422 g/mol. The number of aliphatic carboxylic acids is 1. The number of benzene rings is 1. The number of aromatic hydroxyl groups is 1. The predicted molar refractivity (Wildman–Crippen MR) is 102 cm³/mol. The first-order valence-electron chi connectivity index (χ1n) is 9.11. The van der Waals surface area contributed by atoms with E-state index in [-0.39, 0.29) is 17.8 Å². The lowest BCUT2D eigenvalue weighted by Gasteiger charge is -2.38. The third-order valence-corrected chi connectivity index (χ3v) is 4.69. The third-order valence-electron chi connectivity index (χ3n) is 4.69. The van der Waals surface area contributed by atoms with Gasteiger partial charge in [0.2, 0.25) is 12.0 Å². The van der Waals surface area contributed by atoms with E-state index in [2.05, 4.69) is 0 Å². The molecule has 1 fully saturated rings. The molecule has 2 heterocycles. The highest BCUT2D eigenvalue weighted by Gasteiger charge is 2.48. The molecular weight excluding hydrogens is 400 g/mol. The molecule has 1 aromatic heterocycles. The zero-order valence-electron chi connectivity index (χ0n) is 16.2. The van der Waals surface area contributed by atoms with Gasteiger partial charge in [-0.2, -0.15) is 0 Å². The molecule has 0 saturated carbocycles. The molecule has 0 aliphatic carbocycles. The molecule has 1 saturated heterocycles. The molecule has 0 amide bonds. The predicted octanol–water partition coefficient (Wildman–Crippen LogP) is 0.278. The van der Waals surface area contributed by atoms with E-state index in [1.807, 2.05) is 19.9 Å². The highest BCUT2D eigenvalue weighted by atomic mass is 16.7. The number of phenolic OH excluding ortho intramolecular Hbond substituents is 1. The maximum atomic E-state index is 11.6. The smallest absolute Gasteiger partial charge is 0.336 e. The quantitative estimate of drug-likeness (QED) is 0.333. The van der Waals surface area contributed by atoms with Crippen LogP contribution in [0.15, 0.2) is 39.1 Å². The van der Waals surface area contributed by atoms with Crippen LogP contribution in [0.4, 0.5) is 0 Å². The van der Waals surface area contributed by atoms with Crippen molar-refractivity contribution in [1.29, 1.82) is 0 Å². The van der Waals surface area contributed by atoms with Crippen molar-refractivity contribution in [2.75, 3.05) is 0 Å². The fourth-order valence-corrected chi connectivity index (χ4v) is 3.10. The lowest BCUT2D eigenvalue weighted by Crippen LogP contribution is -2.61. The molecule has 1 aliphatic heterocycles. The van der Waals surface area contributed by atoms with Gasteiger partial charge in [-0.15, -0.1) is 0 Å². The average Bonchev–Trinajstić information content (AvgIpc) is 2.68. The summed E-state index contributed by atoms with van der Waals surface area (Å²) in [6.07, 6.45) is -7.04. The number of ether oxygens (including phenoxy) is 2. The Labute approximate surface area is 170 Å². The second kappa shape index (κ2) is 8.44. The van der Waals surface area contributed by atoms with E-state index in [4.69, 9.17) is 13.9 Å². The number of allylic oxidation sites excluding steroid dienone is 2. The summed E-state index contributed by atoms with van der Waals surface area (Å²) in [6.45, 7) is 3.73. The number of aliphatic hydroxyl groups is 3. The van der Waals surface area contributed by atoms with Crippen LogP contribution >= 0.6 is 0 Å². The van der Waals surface area contributed by atoms with Crippen LogP contribution in [0.25, 0.3) is 11.0 Å². The number of aliphatic hydroxyl groups excluding tert-OH is 3. The molecule has 5 unspecified atom stereocenters. The van der Waals surface area contributed by atoms with Crippen LogP contribution in [0.5, 0.6) is 11.5 Å². The fourth-order valence-electron chi connectivity index (χ4n) is 3.10. The average molecular weight is 422 g/mol. The Kier molecular flexibility index (Phi) is 6.13. The second-order valence-electron chi connectivity index (χ2n) is 7.22. The molecule has 5 atom stereocenters. The summed E-state index contributed by atoms with van der Waals surface area (Å²) in [4.78, 5) is 22.9. The number of carboxylic acids is 1. The number of phenols is 1. The van der Waals surface area contributed by atoms with Crippen molar-refractivity contribution in [3.05, 3.63) is 45.8 Å². The van der Waals surface area contributed by atoms with Crippen LogP contribution in [-0.2, 0) is 16.0 Å². The molecule has 10 nitrogen and oxygen atoms in total. The lowest BCUT2D eigenvalue weighted by atomic mass is 9.99. The minimum atomic E-state index is -1.88. The van der Waals surface area contributed by atoms with Crippen LogP contribution in [-0.4, -0.2) is 62.2 Å². The Bertz CT molecular complexity index is 1040. The topological polar surface area (TPSA) is 167 Å². The van der Waals surface area contributed by atoms with Gasteiger partial charge in [0.1, 0.15) is 18.3 Å². The summed E-state index contributed by atoms with van der Waals surface area (Å²) in [6, 6.07) is 4.25. The molecule has 1 aliphatic rings. The first kappa shape index (κ1) is 21.8. The summed E-state index contributed by atoms with van der Waals surface area (Å²) in [7, 11) is 0. The first-order chi connectivity index (χ1) is 14.1.